The number of rotatable bonds is 4. The highest BCUT2D eigenvalue weighted by Crippen LogP contribution is 2.12. The van der Waals surface area contributed by atoms with E-state index in [1.807, 2.05) is 20.8 Å². The highest BCUT2D eigenvalue weighted by molar-refractivity contribution is 5.82. The summed E-state index contributed by atoms with van der Waals surface area (Å²) in [6.07, 6.45) is 2.48. The van der Waals surface area contributed by atoms with Gasteiger partial charge in [-0.2, -0.15) is 0 Å². The van der Waals surface area contributed by atoms with E-state index in [4.69, 9.17) is 0 Å². The number of hydrogen-bond acceptors (Lipinski definition) is 3. The van der Waals surface area contributed by atoms with Gasteiger partial charge in [-0.1, -0.05) is 20.8 Å². The molecule has 0 radical (unpaired) electrons. The van der Waals surface area contributed by atoms with Crippen molar-refractivity contribution in [3.63, 3.8) is 0 Å². The van der Waals surface area contributed by atoms with Gasteiger partial charge in [-0.15, -0.1) is 0 Å². The normalized spacial score (nSPS) is 20.3. The molecule has 1 atom stereocenters. The third kappa shape index (κ3) is 5.49. The van der Waals surface area contributed by atoms with Crippen LogP contribution in [0.5, 0.6) is 0 Å². The molecule has 1 saturated heterocycles. The van der Waals surface area contributed by atoms with Crippen LogP contribution in [0.3, 0.4) is 0 Å². The largest absolute Gasteiger partial charge is 0.355 e. The molecule has 1 fully saturated rings. The van der Waals surface area contributed by atoms with E-state index in [-0.39, 0.29) is 17.9 Å². The first-order chi connectivity index (χ1) is 8.39. The lowest BCUT2D eigenvalue weighted by Crippen LogP contribution is -2.46. The molecule has 1 aliphatic rings. The third-order valence-corrected chi connectivity index (χ3v) is 2.98. The quantitative estimate of drug-likeness (QED) is 0.681. The van der Waals surface area contributed by atoms with Gasteiger partial charge in [-0.05, 0) is 19.4 Å². The number of amides is 2. The van der Waals surface area contributed by atoms with Crippen LogP contribution in [0.4, 0.5) is 0 Å². The van der Waals surface area contributed by atoms with Crippen LogP contribution < -0.4 is 16.0 Å². The minimum atomic E-state index is -0.399. The van der Waals surface area contributed by atoms with Gasteiger partial charge in [0.05, 0.1) is 0 Å². The van der Waals surface area contributed by atoms with Gasteiger partial charge in [-0.3, -0.25) is 9.59 Å². The van der Waals surface area contributed by atoms with E-state index >= 15 is 0 Å². The summed E-state index contributed by atoms with van der Waals surface area (Å²) in [5.41, 5.74) is -0.399. The van der Waals surface area contributed by atoms with E-state index < -0.39 is 5.41 Å². The van der Waals surface area contributed by atoms with E-state index in [2.05, 4.69) is 16.0 Å². The van der Waals surface area contributed by atoms with E-state index in [0.29, 0.717) is 13.0 Å². The molecule has 0 aromatic heterocycles. The van der Waals surface area contributed by atoms with Crippen molar-refractivity contribution in [1.29, 1.82) is 0 Å². The second kappa shape index (κ2) is 6.73. The predicted molar refractivity (Wildman–Crippen MR) is 71.1 cm³/mol. The number of carbonyl (C=O) groups is 2. The van der Waals surface area contributed by atoms with Crippen molar-refractivity contribution < 1.29 is 9.59 Å². The molecule has 3 N–H and O–H groups in total. The van der Waals surface area contributed by atoms with E-state index in [1.165, 1.54) is 0 Å². The van der Waals surface area contributed by atoms with Crippen molar-refractivity contribution in [3.8, 4) is 0 Å². The lowest BCUT2D eigenvalue weighted by atomic mass is 9.96. The summed E-state index contributed by atoms with van der Waals surface area (Å²) in [5, 5.41) is 9.00. The van der Waals surface area contributed by atoms with Crippen molar-refractivity contribution >= 4 is 11.8 Å². The second-order valence-electron chi connectivity index (χ2n) is 5.87. The topological polar surface area (TPSA) is 70.2 Å². The lowest BCUT2D eigenvalue weighted by Gasteiger charge is -2.24. The fraction of sp³-hybridized carbons (Fsp3) is 0.846. The molecule has 2 amide bonds. The van der Waals surface area contributed by atoms with Crippen LogP contribution >= 0.6 is 0 Å². The summed E-state index contributed by atoms with van der Waals surface area (Å²) in [4.78, 5) is 23.2. The fourth-order valence-corrected chi connectivity index (χ4v) is 1.83. The SMILES string of the molecule is CC(C)(C)C(=O)NCCC(=O)NC1CCCNC1. The molecule has 1 rings (SSSR count). The molecular weight excluding hydrogens is 230 g/mol. The summed E-state index contributed by atoms with van der Waals surface area (Å²) in [7, 11) is 0. The van der Waals surface area contributed by atoms with Gasteiger partial charge in [0.15, 0.2) is 0 Å². The van der Waals surface area contributed by atoms with E-state index in [1.54, 1.807) is 0 Å². The fourth-order valence-electron chi connectivity index (χ4n) is 1.83. The average molecular weight is 255 g/mol. The molecule has 104 valence electrons. The van der Waals surface area contributed by atoms with Gasteiger partial charge in [0.2, 0.25) is 11.8 Å². The van der Waals surface area contributed by atoms with Gasteiger partial charge in [0.1, 0.15) is 0 Å². The molecule has 18 heavy (non-hydrogen) atoms. The number of carbonyl (C=O) groups excluding carboxylic acids is 2. The van der Waals surface area contributed by atoms with Gasteiger partial charge in [-0.25, -0.2) is 0 Å². The maximum atomic E-state index is 11.7. The molecule has 0 aromatic carbocycles. The van der Waals surface area contributed by atoms with Crippen LogP contribution in [0.15, 0.2) is 0 Å². The molecular formula is C13H25N3O2. The van der Waals surface area contributed by atoms with Crippen LogP contribution in [0.2, 0.25) is 0 Å². The van der Waals surface area contributed by atoms with Gasteiger partial charge in [0.25, 0.3) is 0 Å². The molecule has 1 unspecified atom stereocenters. The second-order valence-corrected chi connectivity index (χ2v) is 5.87. The highest BCUT2D eigenvalue weighted by atomic mass is 16.2. The Bertz CT molecular complexity index is 291. The average Bonchev–Trinajstić information content (AvgIpc) is 2.28. The van der Waals surface area contributed by atoms with Crippen molar-refractivity contribution in [1.82, 2.24) is 16.0 Å². The summed E-state index contributed by atoms with van der Waals surface area (Å²) < 4.78 is 0. The third-order valence-electron chi connectivity index (χ3n) is 2.98. The zero-order valence-corrected chi connectivity index (χ0v) is 11.6. The molecule has 1 heterocycles. The van der Waals surface area contributed by atoms with Gasteiger partial charge in [0, 0.05) is 31.0 Å². The number of hydrogen-bond donors (Lipinski definition) is 3. The Morgan fingerprint density at radius 3 is 2.61 bits per heavy atom. The standard InChI is InChI=1S/C13H25N3O2/c1-13(2,3)12(18)15-8-6-11(17)16-10-5-4-7-14-9-10/h10,14H,4-9H2,1-3H3,(H,15,18)(H,16,17). The molecule has 5 nitrogen and oxygen atoms in total. The Kier molecular flexibility index (Phi) is 5.59. The monoisotopic (exact) mass is 255 g/mol. The van der Waals surface area contributed by atoms with Crippen molar-refractivity contribution in [2.45, 2.75) is 46.1 Å². The van der Waals surface area contributed by atoms with Gasteiger partial charge >= 0.3 is 0 Å². The molecule has 0 bridgehead atoms. The van der Waals surface area contributed by atoms with Crippen molar-refractivity contribution in [2.75, 3.05) is 19.6 Å². The zero-order chi connectivity index (χ0) is 13.6. The molecule has 5 heteroatoms. The molecule has 0 aliphatic carbocycles. The Labute approximate surface area is 109 Å². The van der Waals surface area contributed by atoms with Crippen LogP contribution in [0.1, 0.15) is 40.0 Å². The smallest absolute Gasteiger partial charge is 0.225 e. The van der Waals surface area contributed by atoms with Crippen molar-refractivity contribution in [2.24, 2.45) is 5.41 Å². The Balaban J connectivity index is 2.15. The molecule has 0 aromatic rings. The minimum absolute atomic E-state index is 0.0120. The predicted octanol–water partition coefficient (Wildman–Crippen LogP) is 0.407. The minimum Gasteiger partial charge on any atom is -0.355 e. The number of piperidine rings is 1. The van der Waals surface area contributed by atoms with Crippen LogP contribution in [-0.2, 0) is 9.59 Å². The first kappa shape index (κ1) is 15.0. The van der Waals surface area contributed by atoms with Crippen LogP contribution in [0, 0.1) is 5.41 Å². The highest BCUT2D eigenvalue weighted by Gasteiger charge is 2.21. The molecule has 0 spiro atoms. The lowest BCUT2D eigenvalue weighted by molar-refractivity contribution is -0.128. The van der Waals surface area contributed by atoms with Crippen molar-refractivity contribution in [3.05, 3.63) is 0 Å². The summed E-state index contributed by atoms with van der Waals surface area (Å²) >= 11 is 0. The molecule has 1 aliphatic heterocycles. The van der Waals surface area contributed by atoms with Gasteiger partial charge < -0.3 is 16.0 Å². The first-order valence-corrected chi connectivity index (χ1v) is 6.68. The first-order valence-electron chi connectivity index (χ1n) is 6.68. The van der Waals surface area contributed by atoms with E-state index in [0.717, 1.165) is 25.9 Å². The summed E-state index contributed by atoms with van der Waals surface area (Å²) in [5.74, 6) is -0.00691. The number of nitrogens with one attached hydrogen (secondary N) is 3. The Morgan fingerprint density at radius 2 is 2.06 bits per heavy atom. The Morgan fingerprint density at radius 1 is 1.33 bits per heavy atom. The Hall–Kier alpha value is -1.10. The molecule has 0 saturated carbocycles. The zero-order valence-electron chi connectivity index (χ0n) is 11.6. The summed E-state index contributed by atoms with van der Waals surface area (Å²) in [6, 6.07) is 0.240. The maximum Gasteiger partial charge on any atom is 0.225 e. The van der Waals surface area contributed by atoms with E-state index in [9.17, 15) is 9.59 Å². The summed E-state index contributed by atoms with van der Waals surface area (Å²) in [6.45, 7) is 7.86. The van der Waals surface area contributed by atoms with Crippen LogP contribution in [-0.4, -0.2) is 37.5 Å². The van der Waals surface area contributed by atoms with Crippen LogP contribution in [0.25, 0.3) is 0 Å². The maximum absolute atomic E-state index is 11.7.